The SMILES string of the molecule is COCc1ccc(C(=O)Nc2cccc(Cn3cccn3)c2)o1. The van der Waals surface area contributed by atoms with Crippen molar-refractivity contribution in [2.45, 2.75) is 13.2 Å². The average molecular weight is 311 g/mol. The summed E-state index contributed by atoms with van der Waals surface area (Å²) in [7, 11) is 1.58. The second-order valence-corrected chi connectivity index (χ2v) is 5.06. The highest BCUT2D eigenvalue weighted by molar-refractivity contribution is 6.02. The van der Waals surface area contributed by atoms with Crippen LogP contribution in [0.2, 0.25) is 0 Å². The lowest BCUT2D eigenvalue weighted by Gasteiger charge is -2.07. The van der Waals surface area contributed by atoms with Crippen molar-refractivity contribution >= 4 is 11.6 Å². The topological polar surface area (TPSA) is 69.3 Å². The summed E-state index contributed by atoms with van der Waals surface area (Å²) < 4.78 is 12.2. The zero-order valence-corrected chi connectivity index (χ0v) is 12.7. The highest BCUT2D eigenvalue weighted by atomic mass is 16.5. The van der Waals surface area contributed by atoms with Crippen molar-refractivity contribution < 1.29 is 13.9 Å². The predicted molar refractivity (Wildman–Crippen MR) is 85.1 cm³/mol. The van der Waals surface area contributed by atoms with Gasteiger partial charge in [-0.25, -0.2) is 0 Å². The summed E-state index contributed by atoms with van der Waals surface area (Å²) in [6.07, 6.45) is 3.63. The molecule has 1 N–H and O–H groups in total. The fourth-order valence-corrected chi connectivity index (χ4v) is 2.24. The van der Waals surface area contributed by atoms with Gasteiger partial charge in [0.05, 0.1) is 6.54 Å². The number of hydrogen-bond donors (Lipinski definition) is 1. The zero-order chi connectivity index (χ0) is 16.1. The van der Waals surface area contributed by atoms with Crippen LogP contribution in [0, 0.1) is 0 Å². The third kappa shape index (κ3) is 3.87. The molecule has 0 radical (unpaired) electrons. The zero-order valence-electron chi connectivity index (χ0n) is 12.7. The number of hydrogen-bond acceptors (Lipinski definition) is 4. The smallest absolute Gasteiger partial charge is 0.291 e. The summed E-state index contributed by atoms with van der Waals surface area (Å²) in [4.78, 5) is 12.2. The van der Waals surface area contributed by atoms with Crippen LogP contribution in [0.3, 0.4) is 0 Å². The number of methoxy groups -OCH3 is 1. The lowest BCUT2D eigenvalue weighted by molar-refractivity contribution is 0.0987. The molecule has 3 aromatic rings. The summed E-state index contributed by atoms with van der Waals surface area (Å²) in [5, 5.41) is 7.00. The molecule has 1 aromatic carbocycles. The van der Waals surface area contributed by atoms with Gasteiger partial charge in [0.2, 0.25) is 0 Å². The van der Waals surface area contributed by atoms with E-state index in [0.29, 0.717) is 24.6 Å². The molecule has 2 heterocycles. The summed E-state index contributed by atoms with van der Waals surface area (Å²) in [6, 6.07) is 12.9. The maximum atomic E-state index is 12.2. The molecule has 0 fully saturated rings. The Balaban J connectivity index is 1.68. The van der Waals surface area contributed by atoms with E-state index in [1.54, 1.807) is 25.4 Å². The first-order valence-corrected chi connectivity index (χ1v) is 7.20. The summed E-state index contributed by atoms with van der Waals surface area (Å²) in [5.74, 6) is 0.586. The van der Waals surface area contributed by atoms with E-state index in [-0.39, 0.29) is 11.7 Å². The summed E-state index contributed by atoms with van der Waals surface area (Å²) in [5.41, 5.74) is 1.76. The highest BCUT2D eigenvalue weighted by Gasteiger charge is 2.11. The lowest BCUT2D eigenvalue weighted by Crippen LogP contribution is -2.11. The van der Waals surface area contributed by atoms with E-state index >= 15 is 0 Å². The van der Waals surface area contributed by atoms with Gasteiger partial charge in [0.15, 0.2) is 5.76 Å². The number of carbonyl (C=O) groups excluding carboxylic acids is 1. The quantitative estimate of drug-likeness (QED) is 0.760. The molecule has 0 aliphatic carbocycles. The number of nitrogens with one attached hydrogen (secondary N) is 1. The lowest BCUT2D eigenvalue weighted by atomic mass is 10.2. The Morgan fingerprint density at radius 2 is 2.22 bits per heavy atom. The fourth-order valence-electron chi connectivity index (χ4n) is 2.24. The van der Waals surface area contributed by atoms with E-state index in [2.05, 4.69) is 10.4 Å². The van der Waals surface area contributed by atoms with Crippen molar-refractivity contribution in [3.8, 4) is 0 Å². The molecule has 2 aromatic heterocycles. The first kappa shape index (κ1) is 15.1. The molecule has 0 spiro atoms. The summed E-state index contributed by atoms with van der Waals surface area (Å²) >= 11 is 0. The van der Waals surface area contributed by atoms with Gasteiger partial charge in [-0.15, -0.1) is 0 Å². The van der Waals surface area contributed by atoms with Gasteiger partial charge in [0.25, 0.3) is 5.91 Å². The Labute approximate surface area is 133 Å². The molecule has 3 rings (SSSR count). The maximum absolute atomic E-state index is 12.2. The average Bonchev–Trinajstić information content (AvgIpc) is 3.20. The number of rotatable bonds is 6. The van der Waals surface area contributed by atoms with E-state index in [4.69, 9.17) is 9.15 Å². The normalized spacial score (nSPS) is 10.7. The number of ether oxygens (including phenoxy) is 1. The molecule has 1 amide bonds. The number of benzene rings is 1. The van der Waals surface area contributed by atoms with Crippen molar-refractivity contribution in [3.05, 3.63) is 71.9 Å². The van der Waals surface area contributed by atoms with Crippen LogP contribution in [0.25, 0.3) is 0 Å². The predicted octanol–water partition coefficient (Wildman–Crippen LogP) is 2.92. The third-order valence-electron chi connectivity index (χ3n) is 3.26. The molecule has 118 valence electrons. The Bertz CT molecular complexity index is 778. The van der Waals surface area contributed by atoms with Gasteiger partial charge in [-0.1, -0.05) is 12.1 Å². The van der Waals surface area contributed by atoms with Crippen LogP contribution >= 0.6 is 0 Å². The van der Waals surface area contributed by atoms with Crippen LogP contribution in [-0.2, 0) is 17.9 Å². The number of furan rings is 1. The second-order valence-electron chi connectivity index (χ2n) is 5.06. The van der Waals surface area contributed by atoms with Crippen molar-refractivity contribution in [2.24, 2.45) is 0 Å². The van der Waals surface area contributed by atoms with Gasteiger partial charge in [-0.2, -0.15) is 5.10 Å². The largest absolute Gasteiger partial charge is 0.453 e. The van der Waals surface area contributed by atoms with E-state index < -0.39 is 0 Å². The van der Waals surface area contributed by atoms with Crippen LogP contribution in [0.1, 0.15) is 21.9 Å². The van der Waals surface area contributed by atoms with Crippen molar-refractivity contribution in [1.82, 2.24) is 9.78 Å². The molecule has 23 heavy (non-hydrogen) atoms. The Hall–Kier alpha value is -2.86. The number of amides is 1. The van der Waals surface area contributed by atoms with Gasteiger partial charge in [-0.3, -0.25) is 9.48 Å². The van der Waals surface area contributed by atoms with E-state index in [9.17, 15) is 4.79 Å². The first-order valence-electron chi connectivity index (χ1n) is 7.20. The van der Waals surface area contributed by atoms with Crippen molar-refractivity contribution in [2.75, 3.05) is 12.4 Å². The molecular formula is C17H17N3O3. The molecular weight excluding hydrogens is 294 g/mol. The molecule has 0 atom stereocenters. The Morgan fingerprint density at radius 3 is 3.00 bits per heavy atom. The minimum absolute atomic E-state index is 0.259. The molecule has 0 aliphatic heterocycles. The van der Waals surface area contributed by atoms with E-state index in [1.165, 1.54) is 0 Å². The van der Waals surface area contributed by atoms with Crippen molar-refractivity contribution in [3.63, 3.8) is 0 Å². The number of anilines is 1. The van der Waals surface area contributed by atoms with Gasteiger partial charge in [-0.05, 0) is 35.9 Å². The van der Waals surface area contributed by atoms with Crippen molar-refractivity contribution in [1.29, 1.82) is 0 Å². The van der Waals surface area contributed by atoms with Gasteiger partial charge < -0.3 is 14.5 Å². The molecule has 0 saturated heterocycles. The first-order chi connectivity index (χ1) is 11.2. The highest BCUT2D eigenvalue weighted by Crippen LogP contribution is 2.15. The fraction of sp³-hybridized carbons (Fsp3) is 0.176. The van der Waals surface area contributed by atoms with Gasteiger partial charge in [0.1, 0.15) is 12.4 Å². The van der Waals surface area contributed by atoms with Crippen LogP contribution < -0.4 is 5.32 Å². The molecule has 0 aliphatic rings. The van der Waals surface area contributed by atoms with Gasteiger partial charge >= 0.3 is 0 Å². The third-order valence-corrected chi connectivity index (χ3v) is 3.26. The summed E-state index contributed by atoms with van der Waals surface area (Å²) in [6.45, 7) is 0.988. The number of carbonyl (C=O) groups is 1. The minimum atomic E-state index is -0.288. The number of aromatic nitrogens is 2. The van der Waals surface area contributed by atoms with Crippen LogP contribution in [0.4, 0.5) is 5.69 Å². The second kappa shape index (κ2) is 6.93. The molecule has 0 bridgehead atoms. The van der Waals surface area contributed by atoms with E-state index in [1.807, 2.05) is 41.2 Å². The number of nitrogens with zero attached hydrogens (tertiary/aromatic N) is 2. The monoisotopic (exact) mass is 311 g/mol. The molecule has 6 nitrogen and oxygen atoms in total. The van der Waals surface area contributed by atoms with Crippen LogP contribution in [0.15, 0.2) is 59.3 Å². The van der Waals surface area contributed by atoms with Gasteiger partial charge in [0, 0.05) is 25.2 Å². The standard InChI is InChI=1S/C17H17N3O3/c1-22-12-15-6-7-16(23-15)17(21)19-14-5-2-4-13(10-14)11-20-9-3-8-18-20/h2-10H,11-12H2,1H3,(H,19,21). The minimum Gasteiger partial charge on any atom is -0.453 e. The molecule has 0 unspecified atom stereocenters. The molecule has 6 heteroatoms. The van der Waals surface area contributed by atoms with Crippen LogP contribution in [-0.4, -0.2) is 22.8 Å². The van der Waals surface area contributed by atoms with Crippen LogP contribution in [0.5, 0.6) is 0 Å². The van der Waals surface area contributed by atoms with E-state index in [0.717, 1.165) is 5.56 Å². The Kier molecular flexibility index (Phi) is 4.54. The maximum Gasteiger partial charge on any atom is 0.291 e. The Morgan fingerprint density at radius 1 is 1.30 bits per heavy atom. The molecule has 0 saturated carbocycles.